The third-order valence-corrected chi connectivity index (χ3v) is 4.47. The van der Waals surface area contributed by atoms with Crippen LogP contribution in [0.15, 0.2) is 24.3 Å². The lowest BCUT2D eigenvalue weighted by Crippen LogP contribution is -2.48. The van der Waals surface area contributed by atoms with E-state index in [4.69, 9.17) is 9.47 Å². The first-order chi connectivity index (χ1) is 11.7. The first kappa shape index (κ1) is 18.6. The molecule has 0 aliphatic carbocycles. The average molecular weight is 334 g/mol. The average Bonchev–Trinajstić information content (AvgIpc) is 2.62. The van der Waals surface area contributed by atoms with Crippen molar-refractivity contribution in [2.24, 2.45) is 0 Å². The van der Waals surface area contributed by atoms with E-state index in [0.29, 0.717) is 12.2 Å². The Labute approximate surface area is 145 Å². The number of amides is 1. The van der Waals surface area contributed by atoms with Crippen molar-refractivity contribution in [3.05, 3.63) is 24.3 Å². The number of hydrogen-bond acceptors (Lipinski definition) is 4. The van der Waals surface area contributed by atoms with E-state index < -0.39 is 6.10 Å². The number of likely N-dealkylation sites (tertiary alicyclic amines) is 1. The Morgan fingerprint density at radius 2 is 1.83 bits per heavy atom. The van der Waals surface area contributed by atoms with Gasteiger partial charge in [-0.15, -0.1) is 0 Å². The Hall–Kier alpha value is -1.75. The molecule has 0 aromatic heterocycles. The van der Waals surface area contributed by atoms with E-state index in [9.17, 15) is 4.79 Å². The van der Waals surface area contributed by atoms with Crippen molar-refractivity contribution in [2.75, 3.05) is 26.7 Å². The summed E-state index contributed by atoms with van der Waals surface area (Å²) in [5.41, 5.74) is 0. The van der Waals surface area contributed by atoms with Gasteiger partial charge < -0.3 is 19.7 Å². The maximum Gasteiger partial charge on any atom is 0.261 e. The van der Waals surface area contributed by atoms with Crippen molar-refractivity contribution in [2.45, 2.75) is 51.7 Å². The zero-order chi connectivity index (χ0) is 17.4. The fourth-order valence-electron chi connectivity index (χ4n) is 3.05. The number of nitrogens with one attached hydrogen (secondary N) is 1. The summed E-state index contributed by atoms with van der Waals surface area (Å²) in [6.45, 7) is 7.45. The second-order valence-corrected chi connectivity index (χ2v) is 6.31. The molecule has 1 aliphatic heterocycles. The van der Waals surface area contributed by atoms with E-state index in [1.807, 2.05) is 31.2 Å². The van der Waals surface area contributed by atoms with Gasteiger partial charge in [0.15, 0.2) is 6.10 Å². The minimum Gasteiger partial charge on any atom is -0.497 e. The molecule has 24 heavy (non-hydrogen) atoms. The van der Waals surface area contributed by atoms with Crippen molar-refractivity contribution < 1.29 is 14.3 Å². The summed E-state index contributed by atoms with van der Waals surface area (Å²) in [5, 5.41) is 3.16. The Balaban J connectivity index is 1.82. The Kier molecular flexibility index (Phi) is 7.37. The first-order valence-electron chi connectivity index (χ1n) is 8.99. The molecule has 1 fully saturated rings. The lowest BCUT2D eigenvalue weighted by molar-refractivity contribution is -0.129. The van der Waals surface area contributed by atoms with Gasteiger partial charge in [-0.05, 0) is 56.5 Å². The van der Waals surface area contributed by atoms with Crippen molar-refractivity contribution in [3.8, 4) is 11.5 Å². The monoisotopic (exact) mass is 334 g/mol. The topological polar surface area (TPSA) is 50.8 Å². The highest BCUT2D eigenvalue weighted by atomic mass is 16.5. The molecule has 1 heterocycles. The summed E-state index contributed by atoms with van der Waals surface area (Å²) in [7, 11) is 1.63. The SMILES string of the molecule is CCCN1CCC(NC(=O)[C@@H](CC)Oc2ccc(OC)cc2)CC1. The molecule has 5 heteroatoms. The normalized spacial score (nSPS) is 17.3. The summed E-state index contributed by atoms with van der Waals surface area (Å²) >= 11 is 0. The van der Waals surface area contributed by atoms with E-state index in [1.165, 1.54) is 6.42 Å². The number of hydrogen-bond donors (Lipinski definition) is 1. The molecule has 0 spiro atoms. The number of nitrogens with zero attached hydrogens (tertiary/aromatic N) is 1. The zero-order valence-corrected chi connectivity index (χ0v) is 15.1. The fraction of sp³-hybridized carbons (Fsp3) is 0.632. The highest BCUT2D eigenvalue weighted by Crippen LogP contribution is 2.19. The molecule has 1 aliphatic rings. The standard InChI is InChI=1S/C19H30N2O3/c1-4-12-21-13-10-15(11-14-21)20-19(22)18(5-2)24-17-8-6-16(23-3)7-9-17/h6-9,15,18H,4-5,10-14H2,1-3H3,(H,20,22)/t18-/m1/s1. The number of benzene rings is 1. The van der Waals surface area contributed by atoms with E-state index in [-0.39, 0.29) is 11.9 Å². The van der Waals surface area contributed by atoms with Crippen LogP contribution in [0.25, 0.3) is 0 Å². The number of rotatable bonds is 8. The molecular formula is C19H30N2O3. The first-order valence-corrected chi connectivity index (χ1v) is 8.99. The highest BCUT2D eigenvalue weighted by Gasteiger charge is 2.24. The number of piperidine rings is 1. The van der Waals surface area contributed by atoms with Crippen molar-refractivity contribution in [1.29, 1.82) is 0 Å². The molecule has 0 saturated carbocycles. The molecule has 0 bridgehead atoms. The Morgan fingerprint density at radius 1 is 1.21 bits per heavy atom. The second kappa shape index (κ2) is 9.52. The minimum absolute atomic E-state index is 0.0118. The molecule has 1 aromatic carbocycles. The Morgan fingerprint density at radius 3 is 2.38 bits per heavy atom. The van der Waals surface area contributed by atoms with Crippen LogP contribution in [0.4, 0.5) is 0 Å². The quantitative estimate of drug-likeness (QED) is 0.794. The second-order valence-electron chi connectivity index (χ2n) is 6.31. The lowest BCUT2D eigenvalue weighted by atomic mass is 10.0. The molecule has 1 amide bonds. The minimum atomic E-state index is -0.452. The van der Waals surface area contributed by atoms with E-state index >= 15 is 0 Å². The molecular weight excluding hydrogens is 304 g/mol. The molecule has 5 nitrogen and oxygen atoms in total. The van der Waals surface area contributed by atoms with Crippen molar-refractivity contribution >= 4 is 5.91 Å². The van der Waals surface area contributed by atoms with Gasteiger partial charge in [0.05, 0.1) is 7.11 Å². The van der Waals surface area contributed by atoms with Gasteiger partial charge in [-0.1, -0.05) is 13.8 Å². The van der Waals surface area contributed by atoms with Gasteiger partial charge in [-0.2, -0.15) is 0 Å². The van der Waals surface area contributed by atoms with Gasteiger partial charge in [-0.25, -0.2) is 0 Å². The number of carbonyl (C=O) groups is 1. The van der Waals surface area contributed by atoms with Crippen LogP contribution in [-0.4, -0.2) is 49.7 Å². The van der Waals surface area contributed by atoms with Crippen molar-refractivity contribution in [1.82, 2.24) is 10.2 Å². The Bertz CT molecular complexity index is 496. The number of carbonyl (C=O) groups excluding carboxylic acids is 1. The summed E-state index contributed by atoms with van der Waals surface area (Å²) in [5.74, 6) is 1.46. The maximum atomic E-state index is 12.5. The van der Waals surface area contributed by atoms with E-state index in [0.717, 1.165) is 38.2 Å². The fourth-order valence-corrected chi connectivity index (χ4v) is 3.05. The van der Waals surface area contributed by atoms with Crippen LogP contribution in [0.5, 0.6) is 11.5 Å². The van der Waals surface area contributed by atoms with Gasteiger partial charge in [0.1, 0.15) is 11.5 Å². The van der Waals surface area contributed by atoms with Crippen LogP contribution in [0.3, 0.4) is 0 Å². The van der Waals surface area contributed by atoms with Gasteiger partial charge in [0.25, 0.3) is 5.91 Å². The predicted molar refractivity (Wildman–Crippen MR) is 95.6 cm³/mol. The smallest absolute Gasteiger partial charge is 0.261 e. The third kappa shape index (κ3) is 5.41. The highest BCUT2D eigenvalue weighted by molar-refractivity contribution is 5.81. The number of methoxy groups -OCH3 is 1. The van der Waals surface area contributed by atoms with Crippen LogP contribution < -0.4 is 14.8 Å². The zero-order valence-electron chi connectivity index (χ0n) is 15.1. The summed E-state index contributed by atoms with van der Waals surface area (Å²) in [4.78, 5) is 15.0. The molecule has 0 unspecified atom stereocenters. The molecule has 134 valence electrons. The molecule has 2 rings (SSSR count). The molecule has 1 saturated heterocycles. The van der Waals surface area contributed by atoms with Gasteiger partial charge in [-0.3, -0.25) is 4.79 Å². The van der Waals surface area contributed by atoms with Crippen LogP contribution in [0.1, 0.15) is 39.5 Å². The molecule has 1 atom stereocenters. The maximum absolute atomic E-state index is 12.5. The van der Waals surface area contributed by atoms with Crippen LogP contribution in [0.2, 0.25) is 0 Å². The van der Waals surface area contributed by atoms with Crippen LogP contribution in [-0.2, 0) is 4.79 Å². The van der Waals surface area contributed by atoms with Crippen molar-refractivity contribution in [3.63, 3.8) is 0 Å². The number of ether oxygens (including phenoxy) is 2. The molecule has 1 N–H and O–H groups in total. The van der Waals surface area contributed by atoms with Gasteiger partial charge in [0.2, 0.25) is 0 Å². The molecule has 1 aromatic rings. The molecule has 0 radical (unpaired) electrons. The largest absolute Gasteiger partial charge is 0.497 e. The lowest BCUT2D eigenvalue weighted by Gasteiger charge is -2.32. The third-order valence-electron chi connectivity index (χ3n) is 4.47. The van der Waals surface area contributed by atoms with Gasteiger partial charge >= 0.3 is 0 Å². The van der Waals surface area contributed by atoms with Crippen LogP contribution >= 0.6 is 0 Å². The predicted octanol–water partition coefficient (Wildman–Crippen LogP) is 2.84. The summed E-state index contributed by atoms with van der Waals surface area (Å²) < 4.78 is 11.0. The van der Waals surface area contributed by atoms with E-state index in [2.05, 4.69) is 17.1 Å². The van der Waals surface area contributed by atoms with Gasteiger partial charge in [0, 0.05) is 19.1 Å². The van der Waals surface area contributed by atoms with Crippen LogP contribution in [0, 0.1) is 0 Å². The summed E-state index contributed by atoms with van der Waals surface area (Å²) in [6, 6.07) is 7.60. The summed E-state index contributed by atoms with van der Waals surface area (Å²) in [6.07, 6.45) is 3.42. The van der Waals surface area contributed by atoms with E-state index in [1.54, 1.807) is 7.11 Å².